The third-order valence-electron chi connectivity index (χ3n) is 4.18. The summed E-state index contributed by atoms with van der Waals surface area (Å²) in [5.41, 5.74) is 2.24. The highest BCUT2D eigenvalue weighted by Crippen LogP contribution is 2.23. The maximum Gasteiger partial charge on any atom is 0.181 e. The van der Waals surface area contributed by atoms with Crippen LogP contribution >= 0.6 is 0 Å². The van der Waals surface area contributed by atoms with Crippen LogP contribution in [0.3, 0.4) is 0 Å². The summed E-state index contributed by atoms with van der Waals surface area (Å²) in [4.78, 5) is 6.36. The van der Waals surface area contributed by atoms with Crippen LogP contribution in [0.2, 0.25) is 0 Å². The van der Waals surface area contributed by atoms with Gasteiger partial charge in [-0.25, -0.2) is 4.98 Å². The molecule has 0 bridgehead atoms. The van der Waals surface area contributed by atoms with Gasteiger partial charge in [-0.2, -0.15) is 0 Å². The SMILES string of the molecule is CC1CC(Nc2ccc(-c3cnco3)cc2)CCN1C. The number of oxazole rings is 1. The molecule has 0 aliphatic carbocycles. The zero-order valence-corrected chi connectivity index (χ0v) is 12.0. The van der Waals surface area contributed by atoms with E-state index >= 15 is 0 Å². The zero-order chi connectivity index (χ0) is 13.9. The number of aromatic nitrogens is 1. The molecule has 1 aromatic heterocycles. The molecule has 1 N–H and O–H groups in total. The van der Waals surface area contributed by atoms with Gasteiger partial charge in [-0.1, -0.05) is 0 Å². The molecule has 2 unspecified atom stereocenters. The van der Waals surface area contributed by atoms with Gasteiger partial charge in [0.05, 0.1) is 6.20 Å². The molecular formula is C16H21N3O. The highest BCUT2D eigenvalue weighted by atomic mass is 16.3. The van der Waals surface area contributed by atoms with E-state index in [1.54, 1.807) is 6.20 Å². The Kier molecular flexibility index (Phi) is 3.74. The van der Waals surface area contributed by atoms with Crippen LogP contribution in [0.4, 0.5) is 5.69 Å². The summed E-state index contributed by atoms with van der Waals surface area (Å²) in [6.45, 7) is 3.45. The molecule has 2 heterocycles. The summed E-state index contributed by atoms with van der Waals surface area (Å²) in [6.07, 6.45) is 5.59. The predicted octanol–water partition coefficient (Wildman–Crippen LogP) is 3.24. The number of nitrogens with zero attached hydrogens (tertiary/aromatic N) is 2. The van der Waals surface area contributed by atoms with Crippen molar-refractivity contribution >= 4 is 5.69 Å². The van der Waals surface area contributed by atoms with E-state index in [1.165, 1.54) is 24.9 Å². The van der Waals surface area contributed by atoms with Gasteiger partial charge >= 0.3 is 0 Å². The molecule has 1 aliphatic heterocycles. The first kappa shape index (κ1) is 13.2. The smallest absolute Gasteiger partial charge is 0.181 e. The minimum atomic E-state index is 0.567. The van der Waals surface area contributed by atoms with Gasteiger partial charge in [0.15, 0.2) is 12.2 Å². The number of likely N-dealkylation sites (tertiary alicyclic amines) is 1. The molecule has 20 heavy (non-hydrogen) atoms. The van der Waals surface area contributed by atoms with Crippen molar-refractivity contribution in [2.75, 3.05) is 18.9 Å². The van der Waals surface area contributed by atoms with Crippen LogP contribution in [0.15, 0.2) is 41.3 Å². The Morgan fingerprint density at radius 1 is 1.30 bits per heavy atom. The molecule has 4 nitrogen and oxygen atoms in total. The molecule has 1 saturated heterocycles. The number of hydrogen-bond acceptors (Lipinski definition) is 4. The lowest BCUT2D eigenvalue weighted by Gasteiger charge is -2.35. The van der Waals surface area contributed by atoms with E-state index in [1.807, 2.05) is 0 Å². The standard InChI is InChI=1S/C16H21N3O/c1-12-9-15(7-8-19(12)2)18-14-5-3-13(4-6-14)16-10-17-11-20-16/h3-6,10-12,15,18H,7-9H2,1-2H3. The van der Waals surface area contributed by atoms with Crippen molar-refractivity contribution in [1.29, 1.82) is 0 Å². The first-order valence-electron chi connectivity index (χ1n) is 7.18. The quantitative estimate of drug-likeness (QED) is 0.930. The zero-order valence-electron chi connectivity index (χ0n) is 12.0. The van der Waals surface area contributed by atoms with Crippen molar-refractivity contribution in [3.8, 4) is 11.3 Å². The van der Waals surface area contributed by atoms with Crippen molar-refractivity contribution < 1.29 is 4.42 Å². The normalized spacial score (nSPS) is 23.7. The van der Waals surface area contributed by atoms with Gasteiger partial charge < -0.3 is 14.6 Å². The van der Waals surface area contributed by atoms with Gasteiger partial charge in [-0.05, 0) is 51.1 Å². The van der Waals surface area contributed by atoms with E-state index < -0.39 is 0 Å². The number of benzene rings is 1. The fraction of sp³-hybridized carbons (Fsp3) is 0.438. The lowest BCUT2D eigenvalue weighted by Crippen LogP contribution is -2.42. The fourth-order valence-electron chi connectivity index (χ4n) is 2.75. The Labute approximate surface area is 119 Å². The topological polar surface area (TPSA) is 41.3 Å². The molecule has 1 aliphatic rings. The highest BCUT2D eigenvalue weighted by Gasteiger charge is 2.22. The predicted molar refractivity (Wildman–Crippen MR) is 80.7 cm³/mol. The number of hydrogen-bond donors (Lipinski definition) is 1. The van der Waals surface area contributed by atoms with Crippen LogP contribution < -0.4 is 5.32 Å². The van der Waals surface area contributed by atoms with Crippen LogP contribution in [0.25, 0.3) is 11.3 Å². The summed E-state index contributed by atoms with van der Waals surface area (Å²) >= 11 is 0. The molecule has 4 heteroatoms. The van der Waals surface area contributed by atoms with E-state index in [0.29, 0.717) is 12.1 Å². The second-order valence-electron chi connectivity index (χ2n) is 5.64. The van der Waals surface area contributed by atoms with E-state index in [4.69, 9.17) is 4.42 Å². The summed E-state index contributed by atoms with van der Waals surface area (Å²) in [7, 11) is 2.20. The molecule has 106 valence electrons. The molecule has 2 atom stereocenters. The lowest BCUT2D eigenvalue weighted by molar-refractivity contribution is 0.190. The van der Waals surface area contributed by atoms with Gasteiger partial charge in [0.25, 0.3) is 0 Å². The number of rotatable bonds is 3. The molecule has 0 amide bonds. The van der Waals surface area contributed by atoms with Gasteiger partial charge in [-0.15, -0.1) is 0 Å². The average molecular weight is 271 g/mol. The Hall–Kier alpha value is -1.81. The molecule has 3 rings (SSSR count). The van der Waals surface area contributed by atoms with E-state index in [0.717, 1.165) is 17.9 Å². The Morgan fingerprint density at radius 3 is 2.75 bits per heavy atom. The molecule has 0 spiro atoms. The fourth-order valence-corrected chi connectivity index (χ4v) is 2.75. The molecule has 0 saturated carbocycles. The highest BCUT2D eigenvalue weighted by molar-refractivity contribution is 5.60. The van der Waals surface area contributed by atoms with Crippen molar-refractivity contribution in [1.82, 2.24) is 9.88 Å². The monoisotopic (exact) mass is 271 g/mol. The van der Waals surface area contributed by atoms with E-state index in [9.17, 15) is 0 Å². The van der Waals surface area contributed by atoms with Gasteiger partial charge in [0, 0.05) is 29.9 Å². The van der Waals surface area contributed by atoms with Crippen molar-refractivity contribution in [2.24, 2.45) is 0 Å². The number of anilines is 1. The van der Waals surface area contributed by atoms with Gasteiger partial charge in [-0.3, -0.25) is 0 Å². The molecule has 1 aromatic carbocycles. The van der Waals surface area contributed by atoms with Crippen molar-refractivity contribution in [3.05, 3.63) is 36.9 Å². The molecule has 0 radical (unpaired) electrons. The minimum Gasteiger partial charge on any atom is -0.444 e. The van der Waals surface area contributed by atoms with E-state index in [-0.39, 0.29) is 0 Å². The van der Waals surface area contributed by atoms with Crippen molar-refractivity contribution in [2.45, 2.75) is 31.8 Å². The van der Waals surface area contributed by atoms with Gasteiger partial charge in [0.1, 0.15) is 0 Å². The van der Waals surface area contributed by atoms with Crippen LogP contribution in [0.1, 0.15) is 19.8 Å². The summed E-state index contributed by atoms with van der Waals surface area (Å²) < 4.78 is 5.30. The molecule has 1 fully saturated rings. The second kappa shape index (κ2) is 5.67. The average Bonchev–Trinajstić information content (AvgIpc) is 2.98. The Balaban J connectivity index is 1.64. The summed E-state index contributed by atoms with van der Waals surface area (Å²) in [5.74, 6) is 0.810. The summed E-state index contributed by atoms with van der Waals surface area (Å²) in [5, 5.41) is 3.63. The third-order valence-corrected chi connectivity index (χ3v) is 4.18. The lowest BCUT2D eigenvalue weighted by atomic mass is 9.98. The minimum absolute atomic E-state index is 0.567. The Bertz CT molecular complexity index is 535. The summed E-state index contributed by atoms with van der Waals surface area (Å²) in [6, 6.07) is 9.58. The first-order valence-corrected chi connectivity index (χ1v) is 7.18. The van der Waals surface area contributed by atoms with Crippen LogP contribution in [0, 0.1) is 0 Å². The Morgan fingerprint density at radius 2 is 2.10 bits per heavy atom. The largest absolute Gasteiger partial charge is 0.444 e. The molecule has 2 aromatic rings. The van der Waals surface area contributed by atoms with Crippen LogP contribution in [-0.2, 0) is 0 Å². The van der Waals surface area contributed by atoms with Crippen LogP contribution in [0.5, 0.6) is 0 Å². The number of piperidine rings is 1. The second-order valence-corrected chi connectivity index (χ2v) is 5.64. The first-order chi connectivity index (χ1) is 9.72. The number of nitrogens with one attached hydrogen (secondary N) is 1. The third kappa shape index (κ3) is 2.85. The maximum atomic E-state index is 5.30. The van der Waals surface area contributed by atoms with E-state index in [2.05, 4.69) is 53.4 Å². The van der Waals surface area contributed by atoms with Crippen LogP contribution in [-0.4, -0.2) is 35.6 Å². The maximum absolute atomic E-state index is 5.30. The van der Waals surface area contributed by atoms with Gasteiger partial charge in [0.2, 0.25) is 0 Å². The molecular weight excluding hydrogens is 250 g/mol. The van der Waals surface area contributed by atoms with Crippen molar-refractivity contribution in [3.63, 3.8) is 0 Å².